The standard InChI is InChI=1S/C24H26N2O3S/c1-17-9-12-21(13-10-17)30(28,29)26(23-14-11-18(2)15-20(23)4)16-24(27)25-22-8-6-5-7-19(22)3/h5-15H,16H2,1-4H3,(H,25,27). The Balaban J connectivity index is 2.00. The Kier molecular flexibility index (Phi) is 6.27. The van der Waals surface area contributed by atoms with Crippen LogP contribution in [0.2, 0.25) is 0 Å². The van der Waals surface area contributed by atoms with Gasteiger partial charge in [-0.25, -0.2) is 8.42 Å². The smallest absolute Gasteiger partial charge is 0.264 e. The van der Waals surface area contributed by atoms with Crippen LogP contribution < -0.4 is 9.62 Å². The summed E-state index contributed by atoms with van der Waals surface area (Å²) in [6.45, 7) is 7.25. The lowest BCUT2D eigenvalue weighted by Gasteiger charge is -2.26. The van der Waals surface area contributed by atoms with Crippen LogP contribution in [0.15, 0.2) is 71.6 Å². The van der Waals surface area contributed by atoms with Crippen molar-refractivity contribution in [1.82, 2.24) is 0 Å². The number of nitrogens with one attached hydrogen (secondary N) is 1. The number of anilines is 2. The minimum atomic E-state index is -3.93. The first-order valence-corrected chi connectivity index (χ1v) is 11.1. The molecule has 0 saturated carbocycles. The normalized spacial score (nSPS) is 11.2. The summed E-state index contributed by atoms with van der Waals surface area (Å²) in [4.78, 5) is 13.0. The SMILES string of the molecule is Cc1ccc(S(=O)(=O)N(CC(=O)Nc2ccccc2C)c2ccc(C)cc2C)cc1. The number of aryl methyl sites for hydroxylation is 4. The maximum atomic E-state index is 13.5. The zero-order valence-electron chi connectivity index (χ0n) is 17.6. The molecule has 0 aromatic heterocycles. The fourth-order valence-electron chi connectivity index (χ4n) is 3.26. The molecule has 0 saturated heterocycles. The van der Waals surface area contributed by atoms with E-state index in [1.54, 1.807) is 36.4 Å². The van der Waals surface area contributed by atoms with E-state index >= 15 is 0 Å². The molecule has 0 aliphatic heterocycles. The summed E-state index contributed by atoms with van der Waals surface area (Å²) < 4.78 is 28.1. The minimum Gasteiger partial charge on any atom is -0.324 e. The highest BCUT2D eigenvalue weighted by Gasteiger charge is 2.28. The fourth-order valence-corrected chi connectivity index (χ4v) is 4.74. The third-order valence-corrected chi connectivity index (χ3v) is 6.71. The van der Waals surface area contributed by atoms with Crippen molar-refractivity contribution in [2.24, 2.45) is 0 Å². The van der Waals surface area contributed by atoms with E-state index in [1.807, 2.05) is 58.0 Å². The Labute approximate surface area is 178 Å². The summed E-state index contributed by atoms with van der Waals surface area (Å²) in [5.41, 5.74) is 4.83. The number of amides is 1. The molecule has 0 radical (unpaired) electrons. The minimum absolute atomic E-state index is 0.150. The van der Waals surface area contributed by atoms with Gasteiger partial charge in [0.2, 0.25) is 5.91 Å². The van der Waals surface area contributed by atoms with Gasteiger partial charge in [0.1, 0.15) is 6.54 Å². The van der Waals surface area contributed by atoms with Crippen molar-refractivity contribution >= 4 is 27.3 Å². The number of rotatable bonds is 6. The first-order valence-electron chi connectivity index (χ1n) is 9.70. The molecule has 156 valence electrons. The maximum absolute atomic E-state index is 13.5. The van der Waals surface area contributed by atoms with E-state index in [9.17, 15) is 13.2 Å². The number of carbonyl (C=O) groups is 1. The lowest BCUT2D eigenvalue weighted by atomic mass is 10.1. The lowest BCUT2D eigenvalue weighted by molar-refractivity contribution is -0.114. The van der Waals surface area contributed by atoms with Crippen LogP contribution in [-0.2, 0) is 14.8 Å². The Morgan fingerprint density at radius 3 is 2.10 bits per heavy atom. The molecule has 0 heterocycles. The summed E-state index contributed by atoms with van der Waals surface area (Å²) in [6, 6.07) is 19.5. The van der Waals surface area contributed by atoms with Gasteiger partial charge in [-0.1, -0.05) is 53.6 Å². The molecule has 3 aromatic carbocycles. The van der Waals surface area contributed by atoms with Gasteiger partial charge in [0.05, 0.1) is 10.6 Å². The van der Waals surface area contributed by atoms with Crippen LogP contribution in [0.1, 0.15) is 22.3 Å². The van der Waals surface area contributed by atoms with Crippen molar-refractivity contribution in [2.75, 3.05) is 16.2 Å². The molecule has 0 atom stereocenters. The quantitative estimate of drug-likeness (QED) is 0.623. The molecule has 1 amide bonds. The number of para-hydroxylation sites is 1. The number of hydrogen-bond acceptors (Lipinski definition) is 3. The van der Waals surface area contributed by atoms with E-state index in [4.69, 9.17) is 0 Å². The molecule has 0 unspecified atom stereocenters. The van der Waals surface area contributed by atoms with Gasteiger partial charge in [-0.05, 0) is 63.1 Å². The first-order chi connectivity index (χ1) is 14.2. The van der Waals surface area contributed by atoms with Gasteiger partial charge < -0.3 is 5.32 Å². The molecule has 0 aliphatic carbocycles. The second-order valence-electron chi connectivity index (χ2n) is 7.48. The predicted molar refractivity (Wildman–Crippen MR) is 121 cm³/mol. The highest BCUT2D eigenvalue weighted by atomic mass is 32.2. The second-order valence-corrected chi connectivity index (χ2v) is 9.34. The molecule has 6 heteroatoms. The van der Waals surface area contributed by atoms with E-state index < -0.39 is 15.9 Å². The molecule has 30 heavy (non-hydrogen) atoms. The molecule has 3 aromatic rings. The molecule has 0 fully saturated rings. The van der Waals surface area contributed by atoms with E-state index in [0.29, 0.717) is 11.4 Å². The molecule has 3 rings (SSSR count). The van der Waals surface area contributed by atoms with Crippen molar-refractivity contribution in [2.45, 2.75) is 32.6 Å². The third kappa shape index (κ3) is 4.71. The summed E-state index contributed by atoms with van der Waals surface area (Å²) in [7, 11) is -3.93. The zero-order valence-corrected chi connectivity index (χ0v) is 18.5. The van der Waals surface area contributed by atoms with E-state index in [0.717, 1.165) is 22.3 Å². The van der Waals surface area contributed by atoms with Gasteiger partial charge in [0.25, 0.3) is 10.0 Å². The Morgan fingerprint density at radius 1 is 0.833 bits per heavy atom. The van der Waals surface area contributed by atoms with Crippen LogP contribution in [-0.4, -0.2) is 20.9 Å². The number of nitrogens with zero attached hydrogens (tertiary/aromatic N) is 1. The predicted octanol–water partition coefficient (Wildman–Crippen LogP) is 4.75. The molecule has 0 aliphatic rings. The van der Waals surface area contributed by atoms with Crippen LogP contribution in [0.25, 0.3) is 0 Å². The fraction of sp³-hybridized carbons (Fsp3) is 0.208. The van der Waals surface area contributed by atoms with Gasteiger partial charge in [-0.15, -0.1) is 0 Å². The van der Waals surface area contributed by atoms with E-state index in [-0.39, 0.29) is 11.4 Å². The lowest BCUT2D eigenvalue weighted by Crippen LogP contribution is -2.38. The van der Waals surface area contributed by atoms with Gasteiger partial charge in [-0.2, -0.15) is 0 Å². The third-order valence-electron chi connectivity index (χ3n) is 4.94. The second kappa shape index (κ2) is 8.71. The van der Waals surface area contributed by atoms with Gasteiger partial charge in [0, 0.05) is 5.69 Å². The van der Waals surface area contributed by atoms with E-state index in [1.165, 1.54) is 4.31 Å². The summed E-state index contributed by atoms with van der Waals surface area (Å²) in [5, 5.41) is 2.83. The number of sulfonamides is 1. The van der Waals surface area contributed by atoms with Crippen molar-refractivity contribution in [3.63, 3.8) is 0 Å². The van der Waals surface area contributed by atoms with Gasteiger partial charge in [0.15, 0.2) is 0 Å². The maximum Gasteiger partial charge on any atom is 0.264 e. The van der Waals surface area contributed by atoms with Crippen LogP contribution in [0, 0.1) is 27.7 Å². The summed E-state index contributed by atoms with van der Waals surface area (Å²) in [5.74, 6) is -0.403. The number of hydrogen-bond donors (Lipinski definition) is 1. The molecule has 0 spiro atoms. The highest BCUT2D eigenvalue weighted by molar-refractivity contribution is 7.92. The number of carbonyl (C=O) groups excluding carboxylic acids is 1. The summed E-state index contributed by atoms with van der Waals surface area (Å²) in [6.07, 6.45) is 0. The van der Waals surface area contributed by atoms with Crippen molar-refractivity contribution in [3.05, 3.63) is 89.0 Å². The highest BCUT2D eigenvalue weighted by Crippen LogP contribution is 2.28. The monoisotopic (exact) mass is 422 g/mol. The van der Waals surface area contributed by atoms with Crippen LogP contribution in [0.3, 0.4) is 0 Å². The Bertz CT molecular complexity index is 1170. The molecule has 5 nitrogen and oxygen atoms in total. The van der Waals surface area contributed by atoms with Gasteiger partial charge >= 0.3 is 0 Å². The van der Waals surface area contributed by atoms with Crippen LogP contribution in [0.5, 0.6) is 0 Å². The zero-order chi connectivity index (χ0) is 21.9. The molecule has 0 bridgehead atoms. The molecule has 1 N–H and O–H groups in total. The van der Waals surface area contributed by atoms with Crippen molar-refractivity contribution in [3.8, 4) is 0 Å². The average Bonchev–Trinajstić information content (AvgIpc) is 2.69. The van der Waals surface area contributed by atoms with Crippen molar-refractivity contribution in [1.29, 1.82) is 0 Å². The molecular weight excluding hydrogens is 396 g/mol. The van der Waals surface area contributed by atoms with Crippen molar-refractivity contribution < 1.29 is 13.2 Å². The topological polar surface area (TPSA) is 66.5 Å². The van der Waals surface area contributed by atoms with Crippen LogP contribution >= 0.6 is 0 Å². The largest absolute Gasteiger partial charge is 0.324 e. The molecular formula is C24H26N2O3S. The van der Waals surface area contributed by atoms with Gasteiger partial charge in [-0.3, -0.25) is 9.10 Å². The first kappa shape index (κ1) is 21.6. The van der Waals surface area contributed by atoms with Crippen LogP contribution in [0.4, 0.5) is 11.4 Å². The Morgan fingerprint density at radius 2 is 1.47 bits per heavy atom. The van der Waals surface area contributed by atoms with E-state index in [2.05, 4.69) is 5.32 Å². The number of benzene rings is 3. The average molecular weight is 423 g/mol. The summed E-state index contributed by atoms with van der Waals surface area (Å²) >= 11 is 0. The Hall–Kier alpha value is -3.12.